The fraction of sp³-hybridized carbons (Fsp3) is 0.261. The van der Waals surface area contributed by atoms with Gasteiger partial charge in [-0.1, -0.05) is 24.3 Å². The largest absolute Gasteiger partial charge is 0.489 e. The molecule has 0 spiro atoms. The van der Waals surface area contributed by atoms with E-state index in [1.807, 2.05) is 53.4 Å². The molecule has 1 aromatic carbocycles. The van der Waals surface area contributed by atoms with Crippen LogP contribution < -0.4 is 4.74 Å². The van der Waals surface area contributed by atoms with Gasteiger partial charge in [-0.15, -0.1) is 0 Å². The van der Waals surface area contributed by atoms with E-state index in [4.69, 9.17) is 9.84 Å². The van der Waals surface area contributed by atoms with Gasteiger partial charge in [-0.2, -0.15) is 0 Å². The second kappa shape index (κ2) is 8.84. The summed E-state index contributed by atoms with van der Waals surface area (Å²) < 4.78 is 5.94. The quantitative estimate of drug-likeness (QED) is 0.725. The Bertz CT molecular complexity index is 935. The summed E-state index contributed by atoms with van der Waals surface area (Å²) in [5, 5.41) is 9.14. The van der Waals surface area contributed by atoms with Crippen LogP contribution in [0.1, 0.15) is 28.8 Å². The van der Waals surface area contributed by atoms with E-state index in [1.54, 1.807) is 18.6 Å². The van der Waals surface area contributed by atoms with E-state index in [2.05, 4.69) is 9.97 Å². The molecular formula is C23H23N3O3. The minimum atomic E-state index is -0.000457. The van der Waals surface area contributed by atoms with Crippen molar-refractivity contribution >= 4 is 5.91 Å². The van der Waals surface area contributed by atoms with Crippen LogP contribution in [-0.2, 0) is 6.61 Å². The summed E-state index contributed by atoms with van der Waals surface area (Å²) >= 11 is 0. The molecule has 1 N–H and O–H groups in total. The third-order valence-electron chi connectivity index (χ3n) is 5.11. The van der Waals surface area contributed by atoms with Crippen molar-refractivity contribution < 1.29 is 14.6 Å². The number of aliphatic hydroxyl groups excluding tert-OH is 1. The molecule has 2 aromatic heterocycles. The topological polar surface area (TPSA) is 75.5 Å². The van der Waals surface area contributed by atoms with Crippen LogP contribution in [0.4, 0.5) is 0 Å². The number of nitrogens with zero attached hydrogens (tertiary/aromatic N) is 3. The van der Waals surface area contributed by atoms with Gasteiger partial charge in [-0.3, -0.25) is 14.8 Å². The minimum Gasteiger partial charge on any atom is -0.489 e. The van der Waals surface area contributed by atoms with Crippen LogP contribution in [0.2, 0.25) is 0 Å². The summed E-state index contributed by atoms with van der Waals surface area (Å²) in [7, 11) is 0. The van der Waals surface area contributed by atoms with E-state index in [1.165, 1.54) is 0 Å². The summed E-state index contributed by atoms with van der Waals surface area (Å²) in [5.74, 6) is 0.767. The van der Waals surface area contributed by atoms with Crippen LogP contribution >= 0.6 is 0 Å². The molecule has 0 radical (unpaired) electrons. The summed E-state index contributed by atoms with van der Waals surface area (Å²) in [6.07, 6.45) is 6.76. The lowest BCUT2D eigenvalue weighted by Crippen LogP contribution is -2.41. The molecule has 29 heavy (non-hydrogen) atoms. The first-order valence-electron chi connectivity index (χ1n) is 9.75. The molecule has 0 aliphatic carbocycles. The molecule has 1 aliphatic rings. The van der Waals surface area contributed by atoms with Crippen molar-refractivity contribution in [3.8, 4) is 17.0 Å². The highest BCUT2D eigenvalue weighted by atomic mass is 16.5. The maximum Gasteiger partial charge on any atom is 0.255 e. The van der Waals surface area contributed by atoms with Gasteiger partial charge in [-0.25, -0.2) is 0 Å². The number of hydrogen-bond donors (Lipinski definition) is 1. The van der Waals surface area contributed by atoms with Gasteiger partial charge in [0.05, 0.1) is 24.1 Å². The van der Waals surface area contributed by atoms with E-state index in [0.717, 1.165) is 35.4 Å². The fourth-order valence-electron chi connectivity index (χ4n) is 3.44. The predicted molar refractivity (Wildman–Crippen MR) is 109 cm³/mol. The number of aliphatic hydroxyl groups is 1. The summed E-state index contributed by atoms with van der Waals surface area (Å²) in [6, 6.07) is 15.0. The standard InChI is InChI=1S/C23H23N3O3/c27-16-17-3-5-18(6-4-17)22-8-7-19(14-25-22)23(28)26-12-9-20(10-13-26)29-21-2-1-11-24-15-21/h1-8,11,14-15,20,27H,9-10,12-13,16H2. The number of carbonyl (C=O) groups excluding carboxylic acids is 1. The monoisotopic (exact) mass is 389 g/mol. The molecule has 1 amide bonds. The number of hydrogen-bond acceptors (Lipinski definition) is 5. The van der Waals surface area contributed by atoms with Crippen LogP contribution in [0.5, 0.6) is 5.75 Å². The number of rotatable bonds is 5. The highest BCUT2D eigenvalue weighted by Crippen LogP contribution is 2.21. The van der Waals surface area contributed by atoms with E-state index in [9.17, 15) is 4.79 Å². The molecule has 1 aliphatic heterocycles. The lowest BCUT2D eigenvalue weighted by Gasteiger charge is -2.32. The Morgan fingerprint density at radius 1 is 1.07 bits per heavy atom. The lowest BCUT2D eigenvalue weighted by molar-refractivity contribution is 0.0594. The molecule has 148 valence electrons. The van der Waals surface area contributed by atoms with Gasteiger partial charge in [-0.05, 0) is 29.8 Å². The van der Waals surface area contributed by atoms with Gasteiger partial charge in [0, 0.05) is 43.9 Å². The number of pyridine rings is 2. The average molecular weight is 389 g/mol. The Morgan fingerprint density at radius 2 is 1.86 bits per heavy atom. The Hall–Kier alpha value is -3.25. The van der Waals surface area contributed by atoms with Crippen LogP contribution in [-0.4, -0.2) is 45.1 Å². The van der Waals surface area contributed by atoms with Crippen LogP contribution in [0.3, 0.4) is 0 Å². The maximum atomic E-state index is 12.8. The number of aromatic nitrogens is 2. The second-order valence-corrected chi connectivity index (χ2v) is 7.09. The van der Waals surface area contributed by atoms with Crippen molar-refractivity contribution in [1.29, 1.82) is 0 Å². The van der Waals surface area contributed by atoms with Gasteiger partial charge >= 0.3 is 0 Å². The molecular weight excluding hydrogens is 366 g/mol. The van der Waals surface area contributed by atoms with E-state index < -0.39 is 0 Å². The van der Waals surface area contributed by atoms with E-state index in [0.29, 0.717) is 18.7 Å². The normalized spacial score (nSPS) is 14.6. The Kier molecular flexibility index (Phi) is 5.81. The van der Waals surface area contributed by atoms with Crippen molar-refractivity contribution in [3.05, 3.63) is 78.2 Å². The van der Waals surface area contributed by atoms with Crippen molar-refractivity contribution in [3.63, 3.8) is 0 Å². The summed E-state index contributed by atoms with van der Waals surface area (Å²) in [5.41, 5.74) is 3.20. The third kappa shape index (κ3) is 4.60. The minimum absolute atomic E-state index is 0.000457. The van der Waals surface area contributed by atoms with Gasteiger partial charge in [0.15, 0.2) is 0 Å². The molecule has 0 atom stereocenters. The highest BCUT2D eigenvalue weighted by Gasteiger charge is 2.25. The average Bonchev–Trinajstić information content (AvgIpc) is 2.80. The first-order valence-corrected chi connectivity index (χ1v) is 9.75. The van der Waals surface area contributed by atoms with Gasteiger partial charge in [0.2, 0.25) is 0 Å². The van der Waals surface area contributed by atoms with E-state index in [-0.39, 0.29) is 18.6 Å². The molecule has 6 nitrogen and oxygen atoms in total. The smallest absolute Gasteiger partial charge is 0.255 e. The number of ether oxygens (including phenoxy) is 1. The Labute approximate surface area is 169 Å². The van der Waals surface area contributed by atoms with Crippen LogP contribution in [0, 0.1) is 0 Å². The number of amides is 1. The lowest BCUT2D eigenvalue weighted by atomic mass is 10.1. The second-order valence-electron chi connectivity index (χ2n) is 7.09. The molecule has 6 heteroatoms. The predicted octanol–water partition coefficient (Wildman–Crippen LogP) is 3.32. The van der Waals surface area contributed by atoms with Crippen molar-refractivity contribution in [2.75, 3.05) is 13.1 Å². The Morgan fingerprint density at radius 3 is 2.48 bits per heavy atom. The van der Waals surface area contributed by atoms with Crippen LogP contribution in [0.25, 0.3) is 11.3 Å². The molecule has 0 unspecified atom stereocenters. The zero-order chi connectivity index (χ0) is 20.1. The molecule has 4 rings (SSSR count). The molecule has 3 aromatic rings. The zero-order valence-corrected chi connectivity index (χ0v) is 16.1. The number of piperidine rings is 1. The first kappa shape index (κ1) is 19.1. The maximum absolute atomic E-state index is 12.8. The number of likely N-dealkylation sites (tertiary alicyclic amines) is 1. The van der Waals surface area contributed by atoms with Gasteiger partial charge in [0.25, 0.3) is 5.91 Å². The van der Waals surface area contributed by atoms with Crippen molar-refractivity contribution in [2.24, 2.45) is 0 Å². The number of carbonyl (C=O) groups is 1. The molecule has 3 heterocycles. The van der Waals surface area contributed by atoms with Crippen LogP contribution in [0.15, 0.2) is 67.1 Å². The van der Waals surface area contributed by atoms with Crippen molar-refractivity contribution in [1.82, 2.24) is 14.9 Å². The summed E-state index contributed by atoms with van der Waals surface area (Å²) in [6.45, 7) is 1.34. The molecule has 1 fully saturated rings. The highest BCUT2D eigenvalue weighted by molar-refractivity contribution is 5.94. The zero-order valence-electron chi connectivity index (χ0n) is 16.1. The molecule has 1 saturated heterocycles. The van der Waals surface area contributed by atoms with Crippen molar-refractivity contribution in [2.45, 2.75) is 25.6 Å². The van der Waals surface area contributed by atoms with Gasteiger partial charge in [0.1, 0.15) is 11.9 Å². The third-order valence-corrected chi connectivity index (χ3v) is 5.11. The number of benzene rings is 1. The van der Waals surface area contributed by atoms with E-state index >= 15 is 0 Å². The first-order chi connectivity index (χ1) is 14.2. The SMILES string of the molecule is O=C(c1ccc(-c2ccc(CO)cc2)nc1)N1CCC(Oc2cccnc2)CC1. The molecule has 0 saturated carbocycles. The molecule has 0 bridgehead atoms. The fourth-order valence-corrected chi connectivity index (χ4v) is 3.44. The van der Waals surface area contributed by atoms with Gasteiger partial charge < -0.3 is 14.7 Å². The summed E-state index contributed by atoms with van der Waals surface area (Å²) in [4.78, 5) is 23.2. The Balaban J connectivity index is 1.35.